The lowest BCUT2D eigenvalue weighted by Crippen LogP contribution is -2.57. The van der Waals surface area contributed by atoms with E-state index in [0.29, 0.717) is 17.2 Å². The first-order valence-electron chi connectivity index (χ1n) is 11.9. The second kappa shape index (κ2) is 7.80. The second-order valence-electron chi connectivity index (χ2n) is 9.88. The van der Waals surface area contributed by atoms with Crippen LogP contribution < -0.4 is 4.90 Å². The van der Waals surface area contributed by atoms with E-state index in [1.807, 2.05) is 12.3 Å². The van der Waals surface area contributed by atoms with Gasteiger partial charge in [0.25, 0.3) is 0 Å². The van der Waals surface area contributed by atoms with E-state index >= 15 is 0 Å². The minimum atomic E-state index is 0.493. The SMILES string of the molecule is Clc1cc(N2CC3CCC(C2)N3C2CCC(c3ccccc3C3CC3)CC2)cnn1. The van der Waals surface area contributed by atoms with Crippen LogP contribution in [0.1, 0.15) is 74.3 Å². The van der Waals surface area contributed by atoms with Crippen molar-refractivity contribution in [2.75, 3.05) is 18.0 Å². The number of benzene rings is 1. The number of halogens is 1. The van der Waals surface area contributed by atoms with Gasteiger partial charge in [-0.15, -0.1) is 5.10 Å². The molecule has 2 bridgehead atoms. The summed E-state index contributed by atoms with van der Waals surface area (Å²) in [6.45, 7) is 2.20. The molecule has 0 amide bonds. The molecule has 2 aliphatic heterocycles. The zero-order chi connectivity index (χ0) is 20.1. The monoisotopic (exact) mass is 422 g/mol. The van der Waals surface area contributed by atoms with Gasteiger partial charge in [-0.25, -0.2) is 0 Å². The molecule has 1 aromatic carbocycles. The van der Waals surface area contributed by atoms with E-state index in [1.165, 1.54) is 51.4 Å². The molecule has 158 valence electrons. The van der Waals surface area contributed by atoms with Gasteiger partial charge >= 0.3 is 0 Å². The lowest BCUT2D eigenvalue weighted by Gasteiger charge is -2.47. The van der Waals surface area contributed by atoms with Crippen LogP contribution in [-0.2, 0) is 0 Å². The van der Waals surface area contributed by atoms with Gasteiger partial charge in [-0.3, -0.25) is 4.90 Å². The van der Waals surface area contributed by atoms with Crippen LogP contribution >= 0.6 is 11.6 Å². The van der Waals surface area contributed by atoms with Crippen LogP contribution in [0.3, 0.4) is 0 Å². The van der Waals surface area contributed by atoms with Crippen molar-refractivity contribution in [2.45, 2.75) is 81.3 Å². The topological polar surface area (TPSA) is 32.3 Å². The van der Waals surface area contributed by atoms with Crippen molar-refractivity contribution >= 4 is 17.3 Å². The third-order valence-corrected chi connectivity index (χ3v) is 8.27. The van der Waals surface area contributed by atoms with Crippen molar-refractivity contribution in [2.24, 2.45) is 0 Å². The molecule has 3 heterocycles. The molecule has 4 aliphatic rings. The maximum Gasteiger partial charge on any atom is 0.153 e. The van der Waals surface area contributed by atoms with Gasteiger partial charge in [0.1, 0.15) is 0 Å². The van der Waals surface area contributed by atoms with E-state index < -0.39 is 0 Å². The highest BCUT2D eigenvalue weighted by Crippen LogP contribution is 2.47. The Morgan fingerprint density at radius 3 is 1.90 bits per heavy atom. The first kappa shape index (κ1) is 19.1. The van der Waals surface area contributed by atoms with E-state index in [-0.39, 0.29) is 0 Å². The summed E-state index contributed by atoms with van der Waals surface area (Å²) in [5.74, 6) is 1.64. The van der Waals surface area contributed by atoms with E-state index in [0.717, 1.165) is 36.7 Å². The van der Waals surface area contributed by atoms with Crippen molar-refractivity contribution in [3.05, 3.63) is 52.8 Å². The molecular formula is C25H31ClN4. The summed E-state index contributed by atoms with van der Waals surface area (Å²) in [5.41, 5.74) is 4.47. The van der Waals surface area contributed by atoms with E-state index in [9.17, 15) is 0 Å². The molecule has 2 unspecified atom stereocenters. The molecule has 6 rings (SSSR count). The Bertz CT molecular complexity index is 892. The largest absolute Gasteiger partial charge is 0.367 e. The molecule has 5 heteroatoms. The average Bonchev–Trinajstić information content (AvgIpc) is 3.59. The summed E-state index contributed by atoms with van der Waals surface area (Å²) in [4.78, 5) is 5.40. The second-order valence-corrected chi connectivity index (χ2v) is 10.3. The highest BCUT2D eigenvalue weighted by atomic mass is 35.5. The highest BCUT2D eigenvalue weighted by molar-refractivity contribution is 6.29. The Labute approximate surface area is 184 Å². The fourth-order valence-corrected chi connectivity index (χ4v) is 6.74. The summed E-state index contributed by atoms with van der Waals surface area (Å²) in [5, 5.41) is 8.46. The minimum absolute atomic E-state index is 0.493. The fourth-order valence-electron chi connectivity index (χ4n) is 6.58. The summed E-state index contributed by atoms with van der Waals surface area (Å²) in [7, 11) is 0. The Morgan fingerprint density at radius 1 is 0.767 bits per heavy atom. The first-order chi connectivity index (χ1) is 14.8. The lowest BCUT2D eigenvalue weighted by molar-refractivity contribution is 0.0811. The molecule has 0 N–H and O–H groups in total. The molecule has 30 heavy (non-hydrogen) atoms. The highest BCUT2D eigenvalue weighted by Gasteiger charge is 2.44. The molecule has 2 saturated heterocycles. The summed E-state index contributed by atoms with van der Waals surface area (Å²) in [6.07, 6.45) is 12.8. The number of piperazine rings is 1. The van der Waals surface area contributed by atoms with Gasteiger partial charge in [0.05, 0.1) is 11.9 Å². The van der Waals surface area contributed by atoms with Gasteiger partial charge in [-0.05, 0) is 74.3 Å². The number of hydrogen-bond acceptors (Lipinski definition) is 4. The third-order valence-electron chi connectivity index (χ3n) is 8.09. The molecule has 4 fully saturated rings. The van der Waals surface area contributed by atoms with Crippen LogP contribution in [0.4, 0.5) is 5.69 Å². The molecular weight excluding hydrogens is 392 g/mol. The predicted molar refractivity (Wildman–Crippen MR) is 121 cm³/mol. The summed E-state index contributed by atoms with van der Waals surface area (Å²) < 4.78 is 0. The zero-order valence-corrected chi connectivity index (χ0v) is 18.3. The number of rotatable bonds is 4. The normalized spacial score (nSPS) is 31.8. The molecule has 0 spiro atoms. The van der Waals surface area contributed by atoms with Crippen molar-refractivity contribution in [3.63, 3.8) is 0 Å². The number of aromatic nitrogens is 2. The minimum Gasteiger partial charge on any atom is -0.367 e. The van der Waals surface area contributed by atoms with Gasteiger partial charge in [0.2, 0.25) is 0 Å². The smallest absolute Gasteiger partial charge is 0.153 e. The van der Waals surface area contributed by atoms with Crippen LogP contribution in [0.2, 0.25) is 5.15 Å². The molecule has 1 aromatic heterocycles. The van der Waals surface area contributed by atoms with Gasteiger partial charge in [0, 0.05) is 37.3 Å². The molecule has 2 atom stereocenters. The number of anilines is 1. The van der Waals surface area contributed by atoms with Gasteiger partial charge in [-0.1, -0.05) is 35.9 Å². The molecule has 2 saturated carbocycles. The van der Waals surface area contributed by atoms with Crippen molar-refractivity contribution in [3.8, 4) is 0 Å². The molecule has 2 aromatic rings. The lowest BCUT2D eigenvalue weighted by atomic mass is 9.78. The number of hydrogen-bond donors (Lipinski definition) is 0. The van der Waals surface area contributed by atoms with E-state index in [2.05, 4.69) is 44.3 Å². The Balaban J connectivity index is 1.12. The standard InChI is InChI=1S/C25H31ClN4/c26-25-13-22(14-27-28-25)29-15-20-11-12-21(16-29)30(20)19-9-7-18(8-10-19)24-4-2-1-3-23(24)17-5-6-17/h1-4,13-14,17-21H,5-12,15-16H2. The van der Waals surface area contributed by atoms with Gasteiger partial charge in [-0.2, -0.15) is 5.10 Å². The Hall–Kier alpha value is -1.65. The zero-order valence-electron chi connectivity index (χ0n) is 17.6. The molecule has 0 radical (unpaired) electrons. The summed E-state index contributed by atoms with van der Waals surface area (Å²) in [6, 6.07) is 13.4. The van der Waals surface area contributed by atoms with Crippen LogP contribution in [0, 0.1) is 0 Å². The molecule has 2 aliphatic carbocycles. The van der Waals surface area contributed by atoms with Crippen LogP contribution in [0.15, 0.2) is 36.5 Å². The fraction of sp³-hybridized carbons (Fsp3) is 0.600. The molecule has 4 nitrogen and oxygen atoms in total. The first-order valence-corrected chi connectivity index (χ1v) is 12.2. The van der Waals surface area contributed by atoms with Crippen molar-refractivity contribution in [1.29, 1.82) is 0 Å². The van der Waals surface area contributed by atoms with Crippen molar-refractivity contribution in [1.82, 2.24) is 15.1 Å². The van der Waals surface area contributed by atoms with Crippen LogP contribution in [0.25, 0.3) is 0 Å². The maximum absolute atomic E-state index is 6.09. The average molecular weight is 423 g/mol. The Morgan fingerprint density at radius 2 is 1.33 bits per heavy atom. The van der Waals surface area contributed by atoms with Gasteiger partial charge < -0.3 is 4.90 Å². The predicted octanol–water partition coefficient (Wildman–Crippen LogP) is 5.39. The maximum atomic E-state index is 6.09. The number of fused-ring (bicyclic) bond motifs is 2. The van der Waals surface area contributed by atoms with Crippen LogP contribution in [0.5, 0.6) is 0 Å². The summed E-state index contributed by atoms with van der Waals surface area (Å²) >= 11 is 6.09. The van der Waals surface area contributed by atoms with Crippen LogP contribution in [-0.4, -0.2) is 46.3 Å². The van der Waals surface area contributed by atoms with E-state index in [1.54, 1.807) is 11.1 Å². The number of nitrogens with zero attached hydrogens (tertiary/aromatic N) is 4. The van der Waals surface area contributed by atoms with Gasteiger partial charge in [0.15, 0.2) is 5.15 Å². The van der Waals surface area contributed by atoms with E-state index in [4.69, 9.17) is 11.6 Å². The van der Waals surface area contributed by atoms with Crippen molar-refractivity contribution < 1.29 is 0 Å². The third kappa shape index (κ3) is 3.52. The quantitative estimate of drug-likeness (QED) is 0.661. The Kier molecular flexibility index (Phi) is 4.96.